The van der Waals surface area contributed by atoms with Crippen LogP contribution in [0.25, 0.3) is 22.3 Å². The molecule has 2 aromatic carbocycles. The number of fused-ring (bicyclic) bond motifs is 1. The van der Waals surface area contributed by atoms with E-state index in [0.717, 1.165) is 10.5 Å². The first-order chi connectivity index (χ1) is 10.1. The zero-order chi connectivity index (χ0) is 15.0. The number of thioether (sulfide) groups is 1. The van der Waals surface area contributed by atoms with Gasteiger partial charge in [0.15, 0.2) is 5.82 Å². The van der Waals surface area contributed by atoms with Crippen LogP contribution in [0.4, 0.5) is 5.82 Å². The zero-order valence-electron chi connectivity index (χ0n) is 11.1. The maximum absolute atomic E-state index is 6.23. The van der Waals surface area contributed by atoms with E-state index in [9.17, 15) is 0 Å². The molecule has 0 aliphatic carbocycles. The first-order valence-corrected chi connectivity index (χ1v) is 8.14. The summed E-state index contributed by atoms with van der Waals surface area (Å²) in [6, 6.07) is 11.3. The molecule has 3 aromatic rings. The minimum absolute atomic E-state index is 0.371. The van der Waals surface area contributed by atoms with Crippen molar-refractivity contribution in [3.63, 3.8) is 0 Å². The Labute approximate surface area is 136 Å². The van der Waals surface area contributed by atoms with Crippen LogP contribution in [0, 0.1) is 0 Å². The van der Waals surface area contributed by atoms with Gasteiger partial charge in [0.2, 0.25) is 0 Å². The minimum Gasteiger partial charge on any atom is -0.383 e. The Morgan fingerprint density at radius 3 is 2.62 bits per heavy atom. The lowest BCUT2D eigenvalue weighted by molar-refractivity contribution is 1.21. The molecule has 1 heterocycles. The third kappa shape index (κ3) is 2.67. The molecule has 106 valence electrons. The van der Waals surface area contributed by atoms with Crippen LogP contribution in [0.3, 0.4) is 0 Å². The Kier molecular flexibility index (Phi) is 3.93. The summed E-state index contributed by atoms with van der Waals surface area (Å²) in [7, 11) is 0. The topological polar surface area (TPSA) is 51.8 Å². The molecule has 0 saturated heterocycles. The number of nitrogens with two attached hydrogens (primary N) is 1. The molecule has 6 heteroatoms. The maximum Gasteiger partial charge on any atom is 0.163 e. The Balaban J connectivity index is 2.30. The van der Waals surface area contributed by atoms with E-state index in [1.807, 2.05) is 30.5 Å². The molecule has 1 aromatic heterocycles. The van der Waals surface area contributed by atoms with Gasteiger partial charge in [-0.05, 0) is 24.5 Å². The highest BCUT2D eigenvalue weighted by Crippen LogP contribution is 2.33. The van der Waals surface area contributed by atoms with Crippen LogP contribution < -0.4 is 5.73 Å². The number of anilines is 1. The van der Waals surface area contributed by atoms with Gasteiger partial charge in [0.25, 0.3) is 0 Å². The summed E-state index contributed by atoms with van der Waals surface area (Å²) < 4.78 is 0. The summed E-state index contributed by atoms with van der Waals surface area (Å²) in [6.45, 7) is 0. The summed E-state index contributed by atoms with van der Waals surface area (Å²) >= 11 is 13.9. The molecule has 0 aliphatic heterocycles. The average molecular weight is 336 g/mol. The van der Waals surface area contributed by atoms with Crippen LogP contribution in [0.2, 0.25) is 10.0 Å². The number of halogens is 2. The molecule has 0 fully saturated rings. The molecule has 2 N–H and O–H groups in total. The monoisotopic (exact) mass is 335 g/mol. The molecule has 0 radical (unpaired) electrons. The Morgan fingerprint density at radius 2 is 1.86 bits per heavy atom. The third-order valence-electron chi connectivity index (χ3n) is 3.10. The second kappa shape index (κ2) is 5.72. The van der Waals surface area contributed by atoms with Crippen LogP contribution >= 0.6 is 35.0 Å². The predicted molar refractivity (Wildman–Crippen MR) is 91.2 cm³/mol. The van der Waals surface area contributed by atoms with E-state index in [1.165, 1.54) is 0 Å². The van der Waals surface area contributed by atoms with E-state index >= 15 is 0 Å². The summed E-state index contributed by atoms with van der Waals surface area (Å²) in [5.41, 5.74) is 7.59. The van der Waals surface area contributed by atoms with Crippen LogP contribution in [-0.2, 0) is 0 Å². The molecule has 0 aliphatic rings. The van der Waals surface area contributed by atoms with Crippen molar-refractivity contribution in [3.8, 4) is 11.4 Å². The fourth-order valence-corrected chi connectivity index (χ4v) is 3.26. The molecule has 0 amide bonds. The highest BCUT2D eigenvalue weighted by Gasteiger charge is 2.13. The number of hydrogen-bond acceptors (Lipinski definition) is 4. The summed E-state index contributed by atoms with van der Waals surface area (Å²) in [5, 5.41) is 1.65. The lowest BCUT2D eigenvalue weighted by Gasteiger charge is -2.09. The molecule has 0 saturated carbocycles. The largest absolute Gasteiger partial charge is 0.383 e. The lowest BCUT2D eigenvalue weighted by atomic mass is 10.2. The normalized spacial score (nSPS) is 11.0. The van der Waals surface area contributed by atoms with Crippen LogP contribution in [0.1, 0.15) is 0 Å². The van der Waals surface area contributed by atoms with Crippen molar-refractivity contribution in [1.29, 1.82) is 0 Å². The van der Waals surface area contributed by atoms with Crippen molar-refractivity contribution in [2.75, 3.05) is 12.0 Å². The SMILES string of the molecule is CSc1ccccc1-c1nc(N)c2cc(Cl)cc(Cl)c2n1. The molecule has 0 spiro atoms. The molecular weight excluding hydrogens is 325 g/mol. The Hall–Kier alpha value is -1.49. The first-order valence-electron chi connectivity index (χ1n) is 6.16. The highest BCUT2D eigenvalue weighted by atomic mass is 35.5. The summed E-state index contributed by atoms with van der Waals surface area (Å²) in [4.78, 5) is 10.0. The quantitative estimate of drug-likeness (QED) is 0.676. The molecule has 3 rings (SSSR count). The molecular formula is C15H11Cl2N3S. The van der Waals surface area contributed by atoms with E-state index in [4.69, 9.17) is 28.9 Å². The van der Waals surface area contributed by atoms with Crippen LogP contribution in [0.15, 0.2) is 41.3 Å². The van der Waals surface area contributed by atoms with Gasteiger partial charge in [-0.15, -0.1) is 11.8 Å². The molecule has 0 unspecified atom stereocenters. The number of rotatable bonds is 2. The first kappa shape index (κ1) is 14.4. The Morgan fingerprint density at radius 1 is 1.10 bits per heavy atom. The number of benzene rings is 2. The summed E-state index contributed by atoms with van der Waals surface area (Å²) in [5.74, 6) is 0.935. The molecule has 3 nitrogen and oxygen atoms in total. The van der Waals surface area contributed by atoms with E-state index in [-0.39, 0.29) is 0 Å². The highest BCUT2D eigenvalue weighted by molar-refractivity contribution is 7.98. The van der Waals surface area contributed by atoms with E-state index in [0.29, 0.717) is 32.6 Å². The van der Waals surface area contributed by atoms with Gasteiger partial charge in [-0.2, -0.15) is 0 Å². The van der Waals surface area contributed by atoms with Crippen LogP contribution in [-0.4, -0.2) is 16.2 Å². The minimum atomic E-state index is 0.371. The van der Waals surface area contributed by atoms with Gasteiger partial charge in [-0.1, -0.05) is 41.4 Å². The number of nitrogens with zero attached hydrogens (tertiary/aromatic N) is 2. The fraction of sp³-hybridized carbons (Fsp3) is 0.0667. The Bertz CT molecular complexity index is 837. The standard InChI is InChI=1S/C15H11Cl2N3S/c1-21-12-5-3-2-4-9(12)15-19-13-10(14(18)20-15)6-8(16)7-11(13)17/h2-7H,1H3,(H2,18,19,20). The van der Waals surface area contributed by atoms with Crippen molar-refractivity contribution in [2.24, 2.45) is 0 Å². The molecule has 21 heavy (non-hydrogen) atoms. The van der Waals surface area contributed by atoms with Gasteiger partial charge in [0.05, 0.1) is 10.5 Å². The second-order valence-electron chi connectivity index (χ2n) is 4.42. The van der Waals surface area contributed by atoms with Crippen molar-refractivity contribution in [3.05, 3.63) is 46.4 Å². The third-order valence-corrected chi connectivity index (χ3v) is 4.40. The van der Waals surface area contributed by atoms with Crippen molar-refractivity contribution < 1.29 is 0 Å². The fourth-order valence-electron chi connectivity index (χ4n) is 2.13. The molecule has 0 bridgehead atoms. The van der Waals surface area contributed by atoms with E-state index in [1.54, 1.807) is 23.9 Å². The van der Waals surface area contributed by atoms with Gasteiger partial charge < -0.3 is 5.73 Å². The zero-order valence-corrected chi connectivity index (χ0v) is 13.4. The van der Waals surface area contributed by atoms with Gasteiger partial charge in [0.1, 0.15) is 5.82 Å². The second-order valence-corrected chi connectivity index (χ2v) is 6.11. The van der Waals surface area contributed by atoms with E-state index in [2.05, 4.69) is 9.97 Å². The van der Waals surface area contributed by atoms with E-state index < -0.39 is 0 Å². The van der Waals surface area contributed by atoms with Gasteiger partial charge >= 0.3 is 0 Å². The number of hydrogen-bond donors (Lipinski definition) is 1. The summed E-state index contributed by atoms with van der Waals surface area (Å²) in [6.07, 6.45) is 2.01. The van der Waals surface area contributed by atoms with Crippen molar-refractivity contribution in [2.45, 2.75) is 4.90 Å². The number of aromatic nitrogens is 2. The lowest BCUT2D eigenvalue weighted by Crippen LogP contribution is -1.99. The predicted octanol–water partition coefficient (Wildman–Crippen LogP) is 4.91. The average Bonchev–Trinajstić information content (AvgIpc) is 2.48. The van der Waals surface area contributed by atoms with Gasteiger partial charge in [-0.3, -0.25) is 0 Å². The van der Waals surface area contributed by atoms with Crippen LogP contribution in [0.5, 0.6) is 0 Å². The van der Waals surface area contributed by atoms with Gasteiger partial charge in [0, 0.05) is 20.9 Å². The van der Waals surface area contributed by atoms with Crippen molar-refractivity contribution in [1.82, 2.24) is 9.97 Å². The maximum atomic E-state index is 6.23. The van der Waals surface area contributed by atoms with Crippen molar-refractivity contribution >= 4 is 51.7 Å². The smallest absolute Gasteiger partial charge is 0.163 e. The molecule has 0 atom stereocenters. The number of nitrogen functional groups attached to an aromatic ring is 1. The van der Waals surface area contributed by atoms with Gasteiger partial charge in [-0.25, -0.2) is 9.97 Å².